The molecule has 0 radical (unpaired) electrons. The van der Waals surface area contributed by atoms with Gasteiger partial charge >= 0.3 is 0 Å². The van der Waals surface area contributed by atoms with Gasteiger partial charge in [-0.05, 0) is 43.2 Å². The molecule has 0 saturated carbocycles. The van der Waals surface area contributed by atoms with Crippen LogP contribution in [-0.4, -0.2) is 62.5 Å². The van der Waals surface area contributed by atoms with Crippen LogP contribution in [0.4, 0.5) is 4.39 Å². The predicted octanol–water partition coefficient (Wildman–Crippen LogP) is 2.53. The van der Waals surface area contributed by atoms with Crippen molar-refractivity contribution in [1.82, 2.24) is 9.80 Å². The molecule has 2 aromatic carbocycles. The molecule has 0 unspecified atom stereocenters. The van der Waals surface area contributed by atoms with Gasteiger partial charge in [0.15, 0.2) is 9.84 Å². The number of hydrogen-bond donors (Lipinski definition) is 0. The number of sulfone groups is 1. The third-order valence-electron chi connectivity index (χ3n) is 5.01. The molecule has 0 N–H and O–H groups in total. The molecule has 29 heavy (non-hydrogen) atoms. The second-order valence-corrected chi connectivity index (χ2v) is 9.15. The summed E-state index contributed by atoms with van der Waals surface area (Å²) in [7, 11) is -3.44. The van der Waals surface area contributed by atoms with Gasteiger partial charge in [-0.2, -0.15) is 0 Å². The first-order valence-electron chi connectivity index (χ1n) is 9.32. The third-order valence-corrected chi connectivity index (χ3v) is 6.25. The molecule has 1 fully saturated rings. The van der Waals surface area contributed by atoms with E-state index < -0.39 is 21.6 Å². The molecule has 3 rings (SSSR count). The minimum atomic E-state index is -3.44. The Morgan fingerprint density at radius 1 is 0.931 bits per heavy atom. The maximum Gasteiger partial charge on any atom is 0.256 e. The van der Waals surface area contributed by atoms with Gasteiger partial charge in [-0.1, -0.05) is 18.2 Å². The summed E-state index contributed by atoms with van der Waals surface area (Å²) in [5.74, 6) is -1.25. The summed E-state index contributed by atoms with van der Waals surface area (Å²) >= 11 is 0. The summed E-state index contributed by atoms with van der Waals surface area (Å²) in [6.07, 6.45) is 1.67. The summed E-state index contributed by atoms with van der Waals surface area (Å²) in [6.45, 7) is 3.11. The predicted molar refractivity (Wildman–Crippen MR) is 107 cm³/mol. The normalized spacial score (nSPS) is 15.1. The molecule has 2 amide bonds. The van der Waals surface area contributed by atoms with Crippen molar-refractivity contribution in [2.75, 3.05) is 32.4 Å². The van der Waals surface area contributed by atoms with Crippen LogP contribution < -0.4 is 0 Å². The van der Waals surface area contributed by atoms with Gasteiger partial charge in [0.2, 0.25) is 0 Å². The zero-order valence-corrected chi connectivity index (χ0v) is 17.2. The Balaban J connectivity index is 1.75. The molecule has 8 heteroatoms. The molecule has 0 spiro atoms. The fourth-order valence-electron chi connectivity index (χ4n) is 3.44. The zero-order chi connectivity index (χ0) is 21.2. The quantitative estimate of drug-likeness (QED) is 0.768. The Morgan fingerprint density at radius 3 is 2.17 bits per heavy atom. The molecule has 154 valence electrons. The number of rotatable bonds is 3. The molecule has 6 nitrogen and oxygen atoms in total. The lowest BCUT2D eigenvalue weighted by Crippen LogP contribution is -2.37. The van der Waals surface area contributed by atoms with Crippen molar-refractivity contribution in [3.63, 3.8) is 0 Å². The monoisotopic (exact) mass is 418 g/mol. The largest absolute Gasteiger partial charge is 0.337 e. The van der Waals surface area contributed by atoms with E-state index in [-0.39, 0.29) is 22.9 Å². The van der Waals surface area contributed by atoms with Gasteiger partial charge in [0.1, 0.15) is 5.82 Å². The molecule has 0 bridgehead atoms. The van der Waals surface area contributed by atoms with Crippen molar-refractivity contribution in [2.45, 2.75) is 18.2 Å². The fraction of sp³-hybridized carbons (Fsp3) is 0.333. The Bertz CT molecular complexity index is 1050. The van der Waals surface area contributed by atoms with Crippen LogP contribution in [0.15, 0.2) is 47.4 Å². The van der Waals surface area contributed by atoms with Gasteiger partial charge in [-0.15, -0.1) is 0 Å². The molecule has 1 saturated heterocycles. The molecule has 0 aliphatic carbocycles. The Hall–Kier alpha value is -2.74. The van der Waals surface area contributed by atoms with E-state index in [1.165, 1.54) is 24.3 Å². The van der Waals surface area contributed by atoms with Gasteiger partial charge in [0, 0.05) is 38.0 Å². The minimum absolute atomic E-state index is 0.0172. The number of aryl methyl sites for hydroxylation is 1. The van der Waals surface area contributed by atoms with Crippen molar-refractivity contribution in [2.24, 2.45) is 0 Å². The van der Waals surface area contributed by atoms with Crippen LogP contribution in [0.1, 0.15) is 32.7 Å². The SMILES string of the molecule is Cc1ccc(C(=O)N2CCCN(C(=O)c3ccccc3F)CC2)cc1S(C)(=O)=O. The van der Waals surface area contributed by atoms with E-state index in [2.05, 4.69) is 0 Å². The second-order valence-electron chi connectivity index (χ2n) is 7.17. The summed E-state index contributed by atoms with van der Waals surface area (Å²) in [6, 6.07) is 10.5. The lowest BCUT2D eigenvalue weighted by molar-refractivity contribution is 0.0716. The summed E-state index contributed by atoms with van der Waals surface area (Å²) < 4.78 is 37.8. The standard InChI is InChI=1S/C21H23FN2O4S/c1-15-8-9-16(14-19(15)29(2,27)28)20(25)23-10-5-11-24(13-12-23)21(26)17-6-3-4-7-18(17)22/h3-4,6-9,14H,5,10-13H2,1-2H3. The van der Waals surface area contributed by atoms with E-state index >= 15 is 0 Å². The number of amides is 2. The van der Waals surface area contributed by atoms with Gasteiger partial charge < -0.3 is 9.80 Å². The molecule has 0 atom stereocenters. The van der Waals surface area contributed by atoms with Crippen LogP contribution in [0.25, 0.3) is 0 Å². The highest BCUT2D eigenvalue weighted by atomic mass is 32.2. The third kappa shape index (κ3) is 4.64. The zero-order valence-electron chi connectivity index (χ0n) is 16.4. The molecule has 1 aliphatic heterocycles. The maximum absolute atomic E-state index is 13.9. The lowest BCUT2D eigenvalue weighted by atomic mass is 10.1. The van der Waals surface area contributed by atoms with Crippen LogP contribution in [0, 0.1) is 12.7 Å². The van der Waals surface area contributed by atoms with Crippen LogP contribution in [0.2, 0.25) is 0 Å². The van der Waals surface area contributed by atoms with Crippen LogP contribution >= 0.6 is 0 Å². The number of carbonyl (C=O) groups is 2. The number of carbonyl (C=O) groups excluding carboxylic acids is 2. The Labute approximate surface area is 169 Å². The van der Waals surface area contributed by atoms with E-state index in [9.17, 15) is 22.4 Å². The van der Waals surface area contributed by atoms with Crippen LogP contribution in [0.5, 0.6) is 0 Å². The first-order chi connectivity index (χ1) is 13.7. The van der Waals surface area contributed by atoms with E-state index in [0.29, 0.717) is 37.2 Å². The summed E-state index contributed by atoms with van der Waals surface area (Å²) in [4.78, 5) is 28.8. The fourth-order valence-corrected chi connectivity index (χ4v) is 4.44. The number of hydrogen-bond acceptors (Lipinski definition) is 4. The van der Waals surface area contributed by atoms with Gasteiger partial charge in [0.05, 0.1) is 10.5 Å². The Morgan fingerprint density at radius 2 is 1.55 bits per heavy atom. The number of nitrogens with zero attached hydrogens (tertiary/aromatic N) is 2. The van der Waals surface area contributed by atoms with Gasteiger partial charge in [-0.25, -0.2) is 12.8 Å². The second kappa shape index (κ2) is 8.32. The molecule has 0 aromatic heterocycles. The number of halogens is 1. The first kappa shape index (κ1) is 21.0. The van der Waals surface area contributed by atoms with Crippen molar-refractivity contribution >= 4 is 21.7 Å². The highest BCUT2D eigenvalue weighted by Gasteiger charge is 2.25. The van der Waals surface area contributed by atoms with Gasteiger partial charge in [-0.3, -0.25) is 9.59 Å². The Kier molecular flexibility index (Phi) is 6.02. The molecule has 1 aliphatic rings. The van der Waals surface area contributed by atoms with Crippen LogP contribution in [0.3, 0.4) is 0 Å². The average molecular weight is 418 g/mol. The molecular formula is C21H23FN2O4S. The minimum Gasteiger partial charge on any atom is -0.337 e. The lowest BCUT2D eigenvalue weighted by Gasteiger charge is -2.22. The van der Waals surface area contributed by atoms with Crippen molar-refractivity contribution in [3.05, 3.63) is 65.0 Å². The van der Waals surface area contributed by atoms with E-state index in [1.807, 2.05) is 0 Å². The number of benzene rings is 2. The van der Waals surface area contributed by atoms with Crippen molar-refractivity contribution < 1.29 is 22.4 Å². The smallest absolute Gasteiger partial charge is 0.256 e. The highest BCUT2D eigenvalue weighted by Crippen LogP contribution is 2.19. The van der Waals surface area contributed by atoms with Crippen molar-refractivity contribution in [1.29, 1.82) is 0 Å². The molecular weight excluding hydrogens is 395 g/mol. The van der Waals surface area contributed by atoms with E-state index in [4.69, 9.17) is 0 Å². The summed E-state index contributed by atoms with van der Waals surface area (Å²) in [5, 5.41) is 0. The van der Waals surface area contributed by atoms with Gasteiger partial charge in [0.25, 0.3) is 11.8 Å². The van der Waals surface area contributed by atoms with E-state index in [0.717, 1.165) is 6.26 Å². The topological polar surface area (TPSA) is 74.8 Å². The molecule has 2 aromatic rings. The van der Waals surface area contributed by atoms with Crippen molar-refractivity contribution in [3.8, 4) is 0 Å². The average Bonchev–Trinajstić information content (AvgIpc) is 2.93. The first-order valence-corrected chi connectivity index (χ1v) is 11.2. The van der Waals surface area contributed by atoms with E-state index in [1.54, 1.807) is 34.9 Å². The molecule has 1 heterocycles. The van der Waals surface area contributed by atoms with Crippen LogP contribution in [-0.2, 0) is 9.84 Å². The summed E-state index contributed by atoms with van der Waals surface area (Å²) in [5.41, 5.74) is 0.898. The maximum atomic E-state index is 13.9. The highest BCUT2D eigenvalue weighted by molar-refractivity contribution is 7.90.